The van der Waals surface area contributed by atoms with Gasteiger partial charge in [0.25, 0.3) is 0 Å². The van der Waals surface area contributed by atoms with Crippen molar-refractivity contribution in [3.63, 3.8) is 0 Å². The molecule has 0 aromatic heterocycles. The summed E-state index contributed by atoms with van der Waals surface area (Å²) in [7, 11) is 0. The Morgan fingerprint density at radius 3 is 1.36 bits per heavy atom. The maximum absolute atomic E-state index is 13.0. The number of allylic oxidation sites excluding steroid dienone is 10. The van der Waals surface area contributed by atoms with Crippen molar-refractivity contribution in [1.29, 1.82) is 0 Å². The van der Waals surface area contributed by atoms with Crippen LogP contribution in [-0.4, -0.2) is 52.2 Å². The Morgan fingerprint density at radius 2 is 1.08 bits per heavy atom. The Hall–Kier alpha value is -1.55. The quantitative estimate of drug-likeness (QED) is 0.254. The van der Waals surface area contributed by atoms with E-state index in [2.05, 4.69) is 10.6 Å². The summed E-state index contributed by atoms with van der Waals surface area (Å²) in [6.07, 6.45) is 14.5. The monoisotopic (exact) mass is 589 g/mol. The summed E-state index contributed by atoms with van der Waals surface area (Å²) < 4.78 is 0. The van der Waals surface area contributed by atoms with Crippen LogP contribution >= 0.6 is 23.2 Å². The van der Waals surface area contributed by atoms with Gasteiger partial charge in [0.05, 0.1) is 0 Å². The molecule has 3 N–H and O–H groups in total. The molecule has 3 aliphatic rings. The lowest BCUT2D eigenvalue weighted by Crippen LogP contribution is -2.47. The largest absolute Gasteiger partial charge is 0.394 e. The molecule has 1 saturated carbocycles. The maximum Gasteiger partial charge on any atom is 0.191 e. The number of rotatable bonds is 4. The summed E-state index contributed by atoms with van der Waals surface area (Å²) in [5, 5.41) is 16.1. The molecule has 39 heavy (non-hydrogen) atoms. The Morgan fingerprint density at radius 1 is 0.769 bits per heavy atom. The van der Waals surface area contributed by atoms with Crippen LogP contribution < -0.4 is 10.6 Å². The average Bonchev–Trinajstić information content (AvgIpc) is 2.78. The second-order valence-electron chi connectivity index (χ2n) is 12.5. The number of nitrogens with one attached hydrogen (secondary N) is 2. The van der Waals surface area contributed by atoms with Crippen LogP contribution in [0.1, 0.15) is 81.1 Å². The van der Waals surface area contributed by atoms with E-state index in [0.29, 0.717) is 32.4 Å². The highest BCUT2D eigenvalue weighted by atomic mass is 35.5. The van der Waals surface area contributed by atoms with Crippen molar-refractivity contribution in [3.8, 4) is 0 Å². The number of ketones is 2. The van der Waals surface area contributed by atoms with Crippen LogP contribution in [0.5, 0.6) is 0 Å². The molecule has 0 saturated heterocycles. The van der Waals surface area contributed by atoms with E-state index in [-0.39, 0.29) is 57.9 Å². The van der Waals surface area contributed by atoms with E-state index in [1.54, 1.807) is 50.6 Å². The zero-order valence-electron chi connectivity index (χ0n) is 24.6. The molecule has 5 nitrogen and oxygen atoms in total. The van der Waals surface area contributed by atoms with Gasteiger partial charge in [0.2, 0.25) is 0 Å². The molecule has 3 aliphatic carbocycles. The van der Waals surface area contributed by atoms with Gasteiger partial charge >= 0.3 is 0 Å². The lowest BCUT2D eigenvalue weighted by Gasteiger charge is -2.33. The number of aliphatic hydroxyl groups excluding tert-OH is 1. The van der Waals surface area contributed by atoms with Crippen LogP contribution in [0, 0.1) is 10.8 Å². The summed E-state index contributed by atoms with van der Waals surface area (Å²) >= 11 is 12.6. The molecular weight excluding hydrogens is 546 g/mol. The van der Waals surface area contributed by atoms with Crippen molar-refractivity contribution in [2.45, 2.75) is 99.3 Å². The summed E-state index contributed by atoms with van der Waals surface area (Å²) in [6.45, 7) is 15.5. The normalized spacial score (nSPS) is 24.2. The van der Waals surface area contributed by atoms with Crippen molar-refractivity contribution >= 4 is 52.1 Å². The molecule has 0 bridgehead atoms. The first-order valence-electron chi connectivity index (χ1n) is 13.4. The fourth-order valence-corrected chi connectivity index (χ4v) is 4.93. The maximum atomic E-state index is 13.0. The molecule has 2 atom stereocenters. The number of aliphatic hydroxyl groups is 1. The van der Waals surface area contributed by atoms with Crippen LogP contribution in [0.3, 0.4) is 0 Å². The molecule has 3 radical (unpaired) electrons. The first-order valence-corrected chi connectivity index (χ1v) is 14.1. The third-order valence-electron chi connectivity index (χ3n) is 6.45. The van der Waals surface area contributed by atoms with Gasteiger partial charge in [-0.25, -0.2) is 0 Å². The molecule has 8 heteroatoms. The highest BCUT2D eigenvalue weighted by Gasteiger charge is 2.31. The number of hydrogen-bond acceptors (Lipinski definition) is 5. The fraction of sp³-hybridized carbons (Fsp3) is 0.548. The lowest BCUT2D eigenvalue weighted by molar-refractivity contribution is -0.113. The van der Waals surface area contributed by atoms with Gasteiger partial charge in [-0.2, -0.15) is 0 Å². The highest BCUT2D eigenvalue weighted by molar-refractivity contribution is 6.34. The number of carbonyl (C=O) groups is 2. The van der Waals surface area contributed by atoms with Crippen LogP contribution in [0.4, 0.5) is 0 Å². The molecule has 0 aromatic rings. The number of Topliss-reactive ketones (excluding diaryl/α,β-unsaturated/α-hetero) is 2. The number of carbonyl (C=O) groups excluding carboxylic acids is 2. The van der Waals surface area contributed by atoms with Crippen LogP contribution in [0.15, 0.2) is 69.1 Å². The Kier molecular flexibility index (Phi) is 13.6. The SMILES string of the molecule is CC(C)(C)C1=CC(Cl)=C/C(=C/N[C@@H]2CCCC[C@H]2N/C=C2/C=C(Cl)C=C(C(C)(C)C)C2=O)C1=O.CC(C)O.[Al]. The molecule has 0 spiro atoms. The number of halogens is 2. The third kappa shape index (κ3) is 10.7. The van der Waals surface area contributed by atoms with Gasteiger partial charge in [-0.05, 0) is 61.8 Å². The predicted octanol–water partition coefficient (Wildman–Crippen LogP) is 6.61. The summed E-state index contributed by atoms with van der Waals surface area (Å²) in [5.74, 6) is 0.00169. The van der Waals surface area contributed by atoms with Crippen molar-refractivity contribution in [1.82, 2.24) is 10.6 Å². The Labute approximate surface area is 255 Å². The van der Waals surface area contributed by atoms with Gasteiger partial charge in [-0.15, -0.1) is 0 Å². The standard InChI is InChI=1S/C28H36Cl2N2O2.C3H8O.Al/c1-27(2,3)21-13-19(29)11-17(25(21)33)15-31-23-9-7-8-10-24(23)32-16-18-12-20(30)14-22(26(18)34)28(4,5)6;1-3(2)4;/h11-16,23-24,31-32H,7-10H2,1-6H3;3-4H,1-2H3;/b17-15-,18-16-;;/t23-,24-;;/m1../s1. The van der Waals surface area contributed by atoms with Crippen LogP contribution in [-0.2, 0) is 9.59 Å². The second-order valence-corrected chi connectivity index (χ2v) is 13.3. The predicted molar refractivity (Wildman–Crippen MR) is 165 cm³/mol. The van der Waals surface area contributed by atoms with Gasteiger partial charge in [0.1, 0.15) is 0 Å². The van der Waals surface area contributed by atoms with E-state index in [4.69, 9.17) is 28.3 Å². The minimum atomic E-state index is -0.284. The zero-order chi connectivity index (χ0) is 28.8. The number of hydrogen-bond donors (Lipinski definition) is 3. The molecule has 0 heterocycles. The van der Waals surface area contributed by atoms with E-state index >= 15 is 0 Å². The first kappa shape index (κ1) is 35.5. The molecule has 0 aliphatic heterocycles. The molecule has 3 rings (SSSR count). The van der Waals surface area contributed by atoms with Gasteiger partial charge in [0, 0.05) is 80.3 Å². The van der Waals surface area contributed by atoms with Crippen molar-refractivity contribution < 1.29 is 14.7 Å². The smallest absolute Gasteiger partial charge is 0.191 e. The van der Waals surface area contributed by atoms with Crippen molar-refractivity contribution in [3.05, 3.63) is 69.1 Å². The van der Waals surface area contributed by atoms with E-state index in [1.165, 1.54) is 0 Å². The summed E-state index contributed by atoms with van der Waals surface area (Å²) in [6, 6.07) is 0.246. The first-order chi connectivity index (χ1) is 17.5. The van der Waals surface area contributed by atoms with E-state index < -0.39 is 0 Å². The van der Waals surface area contributed by atoms with E-state index in [1.807, 2.05) is 41.5 Å². The average molecular weight is 591 g/mol. The van der Waals surface area contributed by atoms with Gasteiger partial charge < -0.3 is 15.7 Å². The topological polar surface area (TPSA) is 78.4 Å². The minimum Gasteiger partial charge on any atom is -0.394 e. The lowest BCUT2D eigenvalue weighted by atomic mass is 9.79. The molecule has 213 valence electrons. The molecule has 0 unspecified atom stereocenters. The van der Waals surface area contributed by atoms with Crippen molar-refractivity contribution in [2.75, 3.05) is 0 Å². The van der Waals surface area contributed by atoms with Crippen molar-refractivity contribution in [2.24, 2.45) is 10.8 Å². The van der Waals surface area contributed by atoms with Gasteiger partial charge in [-0.1, -0.05) is 77.6 Å². The third-order valence-corrected chi connectivity index (χ3v) is 6.89. The van der Waals surface area contributed by atoms with E-state index in [0.717, 1.165) is 25.7 Å². The molecule has 0 amide bonds. The minimum absolute atomic E-state index is 0. The zero-order valence-corrected chi connectivity index (χ0v) is 27.3. The Balaban J connectivity index is 0.00000142. The van der Waals surface area contributed by atoms with Gasteiger partial charge in [-0.3, -0.25) is 9.59 Å². The van der Waals surface area contributed by atoms with Crippen LogP contribution in [0.25, 0.3) is 0 Å². The van der Waals surface area contributed by atoms with Gasteiger partial charge in [0.15, 0.2) is 11.6 Å². The molecule has 0 aromatic carbocycles. The summed E-state index contributed by atoms with van der Waals surface area (Å²) in [5.41, 5.74) is 1.98. The van der Waals surface area contributed by atoms with Crippen LogP contribution in [0.2, 0.25) is 0 Å². The van der Waals surface area contributed by atoms with E-state index in [9.17, 15) is 9.59 Å². The second kappa shape index (κ2) is 14.9. The molecular formula is C31H44AlCl2N2O3. The Bertz CT molecular complexity index is 1010. The fourth-order valence-electron chi connectivity index (χ4n) is 4.48. The highest BCUT2D eigenvalue weighted by Crippen LogP contribution is 2.35. The molecule has 1 fully saturated rings. The summed E-state index contributed by atoms with van der Waals surface area (Å²) in [4.78, 5) is 26.0.